The molecule has 1 aliphatic carbocycles. The van der Waals surface area contributed by atoms with Gasteiger partial charge in [0.2, 0.25) is 0 Å². The molecule has 1 unspecified atom stereocenters. The molecule has 3 N–H and O–H groups in total. The molecule has 0 aromatic carbocycles. The van der Waals surface area contributed by atoms with E-state index in [1.165, 1.54) is 25.7 Å². The minimum absolute atomic E-state index is 0.0270. The van der Waals surface area contributed by atoms with Gasteiger partial charge in [-0.05, 0) is 0 Å². The molecule has 1 atom stereocenters. The van der Waals surface area contributed by atoms with E-state index in [0.717, 1.165) is 9.97 Å². The third-order valence-electron chi connectivity index (χ3n) is 2.07. The summed E-state index contributed by atoms with van der Waals surface area (Å²) in [6.07, 6.45) is 5.36. The predicted molar refractivity (Wildman–Crippen MR) is 43.1 cm³/mol. The van der Waals surface area contributed by atoms with Crippen LogP contribution in [0.25, 0.3) is 0 Å². The van der Waals surface area contributed by atoms with E-state index in [4.69, 9.17) is 3.95 Å². The van der Waals surface area contributed by atoms with Crippen molar-refractivity contribution in [3.05, 3.63) is 0 Å². The van der Waals surface area contributed by atoms with E-state index in [2.05, 4.69) is 14.5 Å². The summed E-state index contributed by atoms with van der Waals surface area (Å²) >= 11 is 0.0270. The van der Waals surface area contributed by atoms with Gasteiger partial charge in [0.1, 0.15) is 0 Å². The van der Waals surface area contributed by atoms with Crippen LogP contribution in [0.1, 0.15) is 25.7 Å². The standard InChI is InChI=1S/C6H15IN2P/c8-7-5-1-3-6(9-10)4-2-5/h5-6,9H,1-4,8,10H2/q-1. The second-order valence-corrected chi connectivity index (χ2v) is 5.56. The van der Waals surface area contributed by atoms with Crippen molar-refractivity contribution in [3.63, 3.8) is 0 Å². The van der Waals surface area contributed by atoms with Gasteiger partial charge < -0.3 is 0 Å². The number of nitrogens with two attached hydrogens (primary N) is 1. The van der Waals surface area contributed by atoms with Crippen LogP contribution in [0.4, 0.5) is 0 Å². The zero-order valence-corrected chi connectivity index (χ0v) is 9.33. The van der Waals surface area contributed by atoms with Crippen LogP contribution in [0.5, 0.6) is 0 Å². The van der Waals surface area contributed by atoms with E-state index < -0.39 is 0 Å². The van der Waals surface area contributed by atoms with Gasteiger partial charge in [-0.1, -0.05) is 0 Å². The molecule has 0 bridgehead atoms. The second-order valence-electron chi connectivity index (χ2n) is 2.74. The Morgan fingerprint density at radius 2 is 1.90 bits per heavy atom. The molecule has 0 aromatic rings. The van der Waals surface area contributed by atoms with Gasteiger partial charge in [0.25, 0.3) is 0 Å². The van der Waals surface area contributed by atoms with Crippen molar-refractivity contribution >= 4 is 9.39 Å². The molecule has 0 saturated heterocycles. The minimum atomic E-state index is 0.0270. The fourth-order valence-corrected chi connectivity index (χ4v) is 3.12. The normalized spacial score (nSPS) is 34.6. The van der Waals surface area contributed by atoms with Crippen molar-refractivity contribution in [1.29, 1.82) is 0 Å². The monoisotopic (exact) mass is 273 g/mol. The van der Waals surface area contributed by atoms with Crippen LogP contribution >= 0.6 is 9.39 Å². The second kappa shape index (κ2) is 4.86. The average molecular weight is 273 g/mol. The van der Waals surface area contributed by atoms with Crippen molar-refractivity contribution in [3.8, 4) is 0 Å². The van der Waals surface area contributed by atoms with Crippen LogP contribution in [0, 0.1) is 0 Å². The van der Waals surface area contributed by atoms with Crippen LogP contribution in [0.2, 0.25) is 0 Å². The van der Waals surface area contributed by atoms with Gasteiger partial charge in [0.15, 0.2) is 0 Å². The Morgan fingerprint density at radius 1 is 1.30 bits per heavy atom. The molecule has 0 heterocycles. The zero-order valence-electron chi connectivity index (χ0n) is 6.02. The molecular formula is C6H15IN2P-. The Balaban J connectivity index is 2.17. The van der Waals surface area contributed by atoms with E-state index in [1.54, 1.807) is 0 Å². The molecule has 1 aliphatic rings. The summed E-state index contributed by atoms with van der Waals surface area (Å²) in [7, 11) is 2.60. The summed E-state index contributed by atoms with van der Waals surface area (Å²) in [6, 6.07) is 0.747. The molecule has 0 aliphatic heterocycles. The van der Waals surface area contributed by atoms with Gasteiger partial charge in [-0.3, -0.25) is 0 Å². The number of halogens is 1. The third kappa shape index (κ3) is 2.61. The topological polar surface area (TPSA) is 38.0 Å². The Morgan fingerprint density at radius 3 is 2.30 bits per heavy atom. The molecule has 4 heteroatoms. The number of hydrogen-bond donors (Lipinski definition) is 2. The van der Waals surface area contributed by atoms with Crippen LogP contribution in [-0.4, -0.2) is 9.97 Å². The van der Waals surface area contributed by atoms with Crippen molar-refractivity contribution in [1.82, 2.24) is 5.09 Å². The van der Waals surface area contributed by atoms with E-state index >= 15 is 0 Å². The van der Waals surface area contributed by atoms with Gasteiger partial charge in [0.05, 0.1) is 0 Å². The Labute approximate surface area is 75.6 Å². The molecule has 62 valence electrons. The molecule has 0 radical (unpaired) electrons. The number of hydrogen-bond acceptors (Lipinski definition) is 2. The summed E-state index contributed by atoms with van der Waals surface area (Å²) in [4.78, 5) is 0. The molecule has 2 nitrogen and oxygen atoms in total. The Bertz CT molecular complexity index is 81.7. The summed E-state index contributed by atoms with van der Waals surface area (Å²) in [5, 5.41) is 3.24. The SMILES string of the molecule is N[I-]C1CCC(NP)CC1. The van der Waals surface area contributed by atoms with Crippen LogP contribution in [0.3, 0.4) is 0 Å². The summed E-state index contributed by atoms with van der Waals surface area (Å²) < 4.78 is 6.59. The molecule has 10 heavy (non-hydrogen) atoms. The molecular weight excluding hydrogens is 258 g/mol. The maximum absolute atomic E-state index is 5.67. The summed E-state index contributed by atoms with van der Waals surface area (Å²) in [5.74, 6) is 0. The van der Waals surface area contributed by atoms with E-state index in [1.807, 2.05) is 0 Å². The van der Waals surface area contributed by atoms with Crippen molar-refractivity contribution in [2.75, 3.05) is 0 Å². The van der Waals surface area contributed by atoms with E-state index in [9.17, 15) is 0 Å². The quantitative estimate of drug-likeness (QED) is 0.256. The Kier molecular flexibility index (Phi) is 4.45. The number of alkyl halides is 1. The summed E-state index contributed by atoms with van der Waals surface area (Å²) in [6.45, 7) is 0. The van der Waals surface area contributed by atoms with Gasteiger partial charge in [-0.25, -0.2) is 0 Å². The van der Waals surface area contributed by atoms with Gasteiger partial charge in [-0.15, -0.1) is 0 Å². The van der Waals surface area contributed by atoms with Crippen molar-refractivity contribution in [2.45, 2.75) is 35.6 Å². The fraction of sp³-hybridized carbons (Fsp3) is 1.00. The van der Waals surface area contributed by atoms with E-state index in [-0.39, 0.29) is 21.5 Å². The van der Waals surface area contributed by atoms with Crippen LogP contribution in [-0.2, 0) is 0 Å². The first-order chi connectivity index (χ1) is 4.86. The molecule has 0 spiro atoms. The number of rotatable bonds is 2. The first-order valence-electron chi connectivity index (χ1n) is 3.65. The number of nitrogens with one attached hydrogen (secondary N) is 1. The van der Waals surface area contributed by atoms with Crippen molar-refractivity contribution in [2.24, 2.45) is 3.95 Å². The Hall–Kier alpha value is 1.08. The van der Waals surface area contributed by atoms with Gasteiger partial charge >= 0.3 is 75.6 Å². The predicted octanol–water partition coefficient (Wildman–Crippen LogP) is -2.36. The molecule has 1 fully saturated rings. The zero-order chi connectivity index (χ0) is 7.40. The fourth-order valence-electron chi connectivity index (χ4n) is 1.35. The van der Waals surface area contributed by atoms with Crippen LogP contribution in [0.15, 0.2) is 0 Å². The molecule has 1 rings (SSSR count). The van der Waals surface area contributed by atoms with E-state index in [0.29, 0.717) is 0 Å². The average Bonchev–Trinajstić information content (AvgIpc) is 2.05. The first-order valence-corrected chi connectivity index (χ1v) is 6.72. The van der Waals surface area contributed by atoms with Crippen LogP contribution < -0.4 is 30.5 Å². The third-order valence-corrected chi connectivity index (χ3v) is 4.80. The van der Waals surface area contributed by atoms with Gasteiger partial charge in [0, 0.05) is 0 Å². The molecule has 0 amide bonds. The molecule has 1 saturated carbocycles. The summed E-state index contributed by atoms with van der Waals surface area (Å²) in [5.41, 5.74) is 0. The first kappa shape index (κ1) is 9.17. The van der Waals surface area contributed by atoms with Crippen molar-refractivity contribution < 1.29 is 21.5 Å². The maximum atomic E-state index is 5.67. The van der Waals surface area contributed by atoms with Gasteiger partial charge in [-0.2, -0.15) is 0 Å². The molecule has 0 aromatic heterocycles.